The Kier molecular flexibility index (Phi) is 3.33. The second-order valence-corrected chi connectivity index (χ2v) is 4.33. The van der Waals surface area contributed by atoms with Gasteiger partial charge >= 0.3 is 5.97 Å². The summed E-state index contributed by atoms with van der Waals surface area (Å²) >= 11 is 0. The molecule has 0 bridgehead atoms. The van der Waals surface area contributed by atoms with Crippen LogP contribution in [0.25, 0.3) is 0 Å². The van der Waals surface area contributed by atoms with E-state index in [-0.39, 0.29) is 11.7 Å². The lowest BCUT2D eigenvalue weighted by Crippen LogP contribution is -2.52. The Morgan fingerprint density at radius 3 is 2.88 bits per heavy atom. The molecule has 0 spiro atoms. The van der Waals surface area contributed by atoms with E-state index in [9.17, 15) is 9.90 Å². The molecule has 0 amide bonds. The van der Waals surface area contributed by atoms with Gasteiger partial charge in [0.1, 0.15) is 11.3 Å². The Hall–Kier alpha value is -1.55. The molecule has 1 saturated heterocycles. The van der Waals surface area contributed by atoms with E-state index in [0.717, 1.165) is 24.9 Å². The summed E-state index contributed by atoms with van der Waals surface area (Å²) in [4.78, 5) is 12.0. The number of carbonyl (C=O) groups is 1. The Bertz CT molecular complexity index is 411. The standard InChI is InChI=1S/C13H17NO3/c1-17-12(16)13(7-2-3-8-14-13)10-5-4-6-11(15)9-10/h4-6,9,14-15H,2-3,7-8H2,1H3. The predicted octanol–water partition coefficient (Wildman–Crippen LogP) is 1.53. The summed E-state index contributed by atoms with van der Waals surface area (Å²) in [6, 6.07) is 6.80. The summed E-state index contributed by atoms with van der Waals surface area (Å²) in [5.41, 5.74) is -0.0322. The first-order chi connectivity index (χ1) is 8.19. The van der Waals surface area contributed by atoms with E-state index >= 15 is 0 Å². The molecule has 2 N–H and O–H groups in total. The van der Waals surface area contributed by atoms with E-state index < -0.39 is 5.54 Å². The van der Waals surface area contributed by atoms with Gasteiger partial charge in [-0.05, 0) is 43.5 Å². The molecule has 4 heteroatoms. The average molecular weight is 235 g/mol. The van der Waals surface area contributed by atoms with Gasteiger partial charge in [0.15, 0.2) is 0 Å². The molecule has 1 atom stereocenters. The van der Waals surface area contributed by atoms with E-state index in [1.807, 2.05) is 6.07 Å². The smallest absolute Gasteiger partial charge is 0.330 e. The van der Waals surface area contributed by atoms with Gasteiger partial charge in [-0.1, -0.05) is 12.1 Å². The Morgan fingerprint density at radius 2 is 2.29 bits per heavy atom. The van der Waals surface area contributed by atoms with Crippen molar-refractivity contribution in [3.05, 3.63) is 29.8 Å². The van der Waals surface area contributed by atoms with Crippen LogP contribution in [0.1, 0.15) is 24.8 Å². The normalized spacial score (nSPS) is 24.3. The van der Waals surface area contributed by atoms with Gasteiger partial charge in [-0.3, -0.25) is 5.32 Å². The maximum Gasteiger partial charge on any atom is 0.330 e. The van der Waals surface area contributed by atoms with E-state index in [2.05, 4.69) is 5.32 Å². The fourth-order valence-corrected chi connectivity index (χ4v) is 2.39. The second-order valence-electron chi connectivity index (χ2n) is 4.33. The zero-order valence-electron chi connectivity index (χ0n) is 9.90. The largest absolute Gasteiger partial charge is 0.508 e. The number of carbonyl (C=O) groups excluding carboxylic acids is 1. The van der Waals surface area contributed by atoms with Crippen LogP contribution in [0.5, 0.6) is 5.75 Å². The van der Waals surface area contributed by atoms with E-state index in [1.54, 1.807) is 18.2 Å². The molecule has 0 aliphatic carbocycles. The molecule has 1 unspecified atom stereocenters. The summed E-state index contributed by atoms with van der Waals surface area (Å²) in [7, 11) is 1.39. The molecule has 17 heavy (non-hydrogen) atoms. The minimum Gasteiger partial charge on any atom is -0.508 e. The number of esters is 1. The van der Waals surface area contributed by atoms with Gasteiger partial charge in [-0.15, -0.1) is 0 Å². The number of nitrogens with one attached hydrogen (secondary N) is 1. The highest BCUT2D eigenvalue weighted by Crippen LogP contribution is 2.33. The molecular weight excluding hydrogens is 218 g/mol. The first kappa shape index (κ1) is 11.9. The molecule has 4 nitrogen and oxygen atoms in total. The van der Waals surface area contributed by atoms with Gasteiger partial charge in [0, 0.05) is 0 Å². The number of piperidine rings is 1. The molecule has 2 rings (SSSR count). The van der Waals surface area contributed by atoms with Crippen molar-refractivity contribution in [3.8, 4) is 5.75 Å². The lowest BCUT2D eigenvalue weighted by molar-refractivity contribution is -0.150. The van der Waals surface area contributed by atoms with Crippen LogP contribution in [-0.4, -0.2) is 24.7 Å². The highest BCUT2D eigenvalue weighted by atomic mass is 16.5. The quantitative estimate of drug-likeness (QED) is 0.763. The number of benzene rings is 1. The average Bonchev–Trinajstić information content (AvgIpc) is 2.38. The number of phenols is 1. The van der Waals surface area contributed by atoms with Crippen LogP contribution >= 0.6 is 0 Å². The lowest BCUT2D eigenvalue weighted by atomic mass is 9.82. The highest BCUT2D eigenvalue weighted by molar-refractivity contribution is 5.83. The topological polar surface area (TPSA) is 58.6 Å². The fourth-order valence-electron chi connectivity index (χ4n) is 2.39. The predicted molar refractivity (Wildman–Crippen MR) is 63.7 cm³/mol. The molecule has 1 aliphatic heterocycles. The van der Waals surface area contributed by atoms with Crippen LogP contribution in [0.4, 0.5) is 0 Å². The first-order valence-corrected chi connectivity index (χ1v) is 5.82. The van der Waals surface area contributed by atoms with Crippen molar-refractivity contribution in [1.82, 2.24) is 5.32 Å². The van der Waals surface area contributed by atoms with Crippen LogP contribution in [0.3, 0.4) is 0 Å². The van der Waals surface area contributed by atoms with E-state index in [0.29, 0.717) is 6.42 Å². The number of ether oxygens (including phenoxy) is 1. The number of rotatable bonds is 2. The number of hydrogen-bond donors (Lipinski definition) is 2. The Morgan fingerprint density at radius 1 is 1.47 bits per heavy atom. The van der Waals surface area contributed by atoms with Crippen molar-refractivity contribution in [2.24, 2.45) is 0 Å². The van der Waals surface area contributed by atoms with Crippen molar-refractivity contribution < 1.29 is 14.6 Å². The fraction of sp³-hybridized carbons (Fsp3) is 0.462. The minimum absolute atomic E-state index is 0.165. The van der Waals surface area contributed by atoms with Crippen LogP contribution in [0.15, 0.2) is 24.3 Å². The third kappa shape index (κ3) is 2.13. The van der Waals surface area contributed by atoms with E-state index in [1.165, 1.54) is 7.11 Å². The van der Waals surface area contributed by atoms with Gasteiger partial charge in [-0.25, -0.2) is 4.79 Å². The van der Waals surface area contributed by atoms with Crippen LogP contribution in [-0.2, 0) is 15.1 Å². The molecule has 1 heterocycles. The van der Waals surface area contributed by atoms with Crippen LogP contribution < -0.4 is 5.32 Å². The highest BCUT2D eigenvalue weighted by Gasteiger charge is 2.42. The number of aromatic hydroxyl groups is 1. The molecule has 0 saturated carbocycles. The lowest BCUT2D eigenvalue weighted by Gasteiger charge is -2.36. The summed E-state index contributed by atoms with van der Waals surface area (Å²) in [5.74, 6) is -0.124. The van der Waals surface area contributed by atoms with Gasteiger partial charge in [-0.2, -0.15) is 0 Å². The Labute approximate surface area is 101 Å². The second kappa shape index (κ2) is 4.75. The van der Waals surface area contributed by atoms with Crippen molar-refractivity contribution in [3.63, 3.8) is 0 Å². The monoisotopic (exact) mass is 235 g/mol. The zero-order valence-corrected chi connectivity index (χ0v) is 9.90. The van der Waals surface area contributed by atoms with Crippen molar-refractivity contribution >= 4 is 5.97 Å². The van der Waals surface area contributed by atoms with Crippen LogP contribution in [0.2, 0.25) is 0 Å². The van der Waals surface area contributed by atoms with Gasteiger partial charge in [0.25, 0.3) is 0 Å². The molecule has 1 aromatic carbocycles. The Balaban J connectivity index is 2.42. The van der Waals surface area contributed by atoms with Crippen LogP contribution in [0, 0.1) is 0 Å². The summed E-state index contributed by atoms with van der Waals surface area (Å²) in [6.07, 6.45) is 2.72. The molecular formula is C13H17NO3. The van der Waals surface area contributed by atoms with E-state index in [4.69, 9.17) is 4.74 Å². The van der Waals surface area contributed by atoms with Gasteiger partial charge < -0.3 is 9.84 Å². The number of hydrogen-bond acceptors (Lipinski definition) is 4. The first-order valence-electron chi connectivity index (χ1n) is 5.82. The SMILES string of the molecule is COC(=O)C1(c2cccc(O)c2)CCCCN1. The molecule has 1 fully saturated rings. The molecule has 92 valence electrons. The third-order valence-electron chi connectivity index (χ3n) is 3.28. The molecule has 0 aromatic heterocycles. The number of methoxy groups -OCH3 is 1. The maximum absolute atomic E-state index is 12.0. The molecule has 1 aromatic rings. The summed E-state index contributed by atoms with van der Waals surface area (Å²) in [5, 5.41) is 12.8. The van der Waals surface area contributed by atoms with Crippen molar-refractivity contribution in [1.29, 1.82) is 0 Å². The van der Waals surface area contributed by atoms with Gasteiger partial charge in [0.05, 0.1) is 7.11 Å². The number of phenolic OH excluding ortho intramolecular Hbond substituents is 1. The van der Waals surface area contributed by atoms with Crippen molar-refractivity contribution in [2.75, 3.05) is 13.7 Å². The molecule has 1 aliphatic rings. The molecule has 0 radical (unpaired) electrons. The summed E-state index contributed by atoms with van der Waals surface area (Å²) < 4.78 is 4.90. The van der Waals surface area contributed by atoms with Gasteiger partial charge in [0.2, 0.25) is 0 Å². The zero-order chi connectivity index (χ0) is 12.3. The minimum atomic E-state index is -0.800. The third-order valence-corrected chi connectivity index (χ3v) is 3.28. The van der Waals surface area contributed by atoms with Crippen molar-refractivity contribution in [2.45, 2.75) is 24.8 Å². The summed E-state index contributed by atoms with van der Waals surface area (Å²) in [6.45, 7) is 0.782. The maximum atomic E-state index is 12.0.